The summed E-state index contributed by atoms with van der Waals surface area (Å²) in [6.45, 7) is 5.97. The molecule has 6 nitrogen and oxygen atoms in total. The molecule has 132 valence electrons. The van der Waals surface area contributed by atoms with Gasteiger partial charge in [-0.15, -0.1) is 0 Å². The maximum Gasteiger partial charge on any atom is 0.213 e. The van der Waals surface area contributed by atoms with E-state index in [-0.39, 0.29) is 0 Å². The number of hydrogen-bond donors (Lipinski definition) is 2. The second-order valence-corrected chi connectivity index (χ2v) is 6.47. The molecule has 2 aliphatic rings. The predicted octanol–water partition coefficient (Wildman–Crippen LogP) is 2.10. The average Bonchev–Trinajstić information content (AvgIpc) is 3.29. The predicted molar refractivity (Wildman–Crippen MR) is 94.2 cm³/mol. The molecule has 1 saturated carbocycles. The molecule has 1 aliphatic heterocycles. The van der Waals surface area contributed by atoms with E-state index in [9.17, 15) is 0 Å². The highest BCUT2D eigenvalue weighted by Crippen LogP contribution is 2.29. The van der Waals surface area contributed by atoms with Crippen LogP contribution in [0.5, 0.6) is 5.88 Å². The topological polar surface area (TPSA) is 67.8 Å². The number of pyridine rings is 1. The van der Waals surface area contributed by atoms with E-state index in [0.29, 0.717) is 18.5 Å². The van der Waals surface area contributed by atoms with E-state index in [1.807, 2.05) is 12.1 Å². The number of rotatable bonds is 8. The van der Waals surface area contributed by atoms with E-state index in [1.165, 1.54) is 12.8 Å². The van der Waals surface area contributed by atoms with Crippen LogP contribution in [0.2, 0.25) is 0 Å². The Bertz CT molecular complexity index is 540. The SMILES string of the molecule is CCNC(=NCc1ccnc(OCC2CC2)c1)NCC1CCCO1. The largest absolute Gasteiger partial charge is 0.477 e. The summed E-state index contributed by atoms with van der Waals surface area (Å²) >= 11 is 0. The lowest BCUT2D eigenvalue weighted by Crippen LogP contribution is -2.41. The quantitative estimate of drug-likeness (QED) is 0.564. The van der Waals surface area contributed by atoms with Crippen molar-refractivity contribution in [2.24, 2.45) is 10.9 Å². The molecule has 0 amide bonds. The molecule has 1 atom stereocenters. The van der Waals surface area contributed by atoms with Gasteiger partial charge >= 0.3 is 0 Å². The fraction of sp³-hybridized carbons (Fsp3) is 0.667. The van der Waals surface area contributed by atoms with Crippen LogP contribution in [0.15, 0.2) is 23.3 Å². The van der Waals surface area contributed by atoms with Crippen LogP contribution in [0.3, 0.4) is 0 Å². The third-order valence-corrected chi connectivity index (χ3v) is 4.25. The summed E-state index contributed by atoms with van der Waals surface area (Å²) in [6.07, 6.45) is 6.94. The van der Waals surface area contributed by atoms with Crippen molar-refractivity contribution in [2.75, 3.05) is 26.3 Å². The summed E-state index contributed by atoms with van der Waals surface area (Å²) in [5.41, 5.74) is 1.10. The van der Waals surface area contributed by atoms with Crippen molar-refractivity contribution in [2.45, 2.75) is 45.3 Å². The summed E-state index contributed by atoms with van der Waals surface area (Å²) in [5, 5.41) is 6.64. The van der Waals surface area contributed by atoms with Gasteiger partial charge < -0.3 is 20.1 Å². The molecule has 1 aromatic heterocycles. The van der Waals surface area contributed by atoms with Gasteiger partial charge in [-0.2, -0.15) is 0 Å². The minimum Gasteiger partial charge on any atom is -0.477 e. The van der Waals surface area contributed by atoms with E-state index in [2.05, 4.69) is 27.5 Å². The Kier molecular flexibility index (Phi) is 6.29. The molecular formula is C18H28N4O2. The van der Waals surface area contributed by atoms with Crippen LogP contribution in [-0.2, 0) is 11.3 Å². The molecule has 0 bridgehead atoms. The Morgan fingerprint density at radius 2 is 2.29 bits per heavy atom. The van der Waals surface area contributed by atoms with Gasteiger partial charge in [-0.1, -0.05) is 0 Å². The second kappa shape index (κ2) is 8.87. The summed E-state index contributed by atoms with van der Waals surface area (Å²) < 4.78 is 11.4. The highest BCUT2D eigenvalue weighted by molar-refractivity contribution is 5.79. The smallest absolute Gasteiger partial charge is 0.213 e. The van der Waals surface area contributed by atoms with E-state index in [1.54, 1.807) is 6.20 Å². The Labute approximate surface area is 144 Å². The van der Waals surface area contributed by atoms with Crippen molar-refractivity contribution >= 4 is 5.96 Å². The second-order valence-electron chi connectivity index (χ2n) is 6.47. The Morgan fingerprint density at radius 1 is 1.38 bits per heavy atom. The fourth-order valence-electron chi connectivity index (χ4n) is 2.64. The fourth-order valence-corrected chi connectivity index (χ4v) is 2.64. The Hall–Kier alpha value is -1.82. The first-order valence-corrected chi connectivity index (χ1v) is 9.05. The van der Waals surface area contributed by atoms with Gasteiger partial charge in [-0.05, 0) is 50.2 Å². The first-order chi connectivity index (χ1) is 11.8. The van der Waals surface area contributed by atoms with E-state index in [4.69, 9.17) is 9.47 Å². The zero-order valence-corrected chi connectivity index (χ0v) is 14.5. The molecule has 0 radical (unpaired) electrons. The minimum atomic E-state index is 0.303. The summed E-state index contributed by atoms with van der Waals surface area (Å²) in [7, 11) is 0. The van der Waals surface area contributed by atoms with Gasteiger partial charge in [0, 0.05) is 32.0 Å². The van der Waals surface area contributed by atoms with Gasteiger partial charge in [0.05, 0.1) is 19.3 Å². The van der Waals surface area contributed by atoms with Crippen molar-refractivity contribution in [1.29, 1.82) is 0 Å². The highest BCUT2D eigenvalue weighted by Gasteiger charge is 2.22. The normalized spacial score (nSPS) is 20.9. The maximum atomic E-state index is 5.73. The van der Waals surface area contributed by atoms with Crippen LogP contribution in [0.4, 0.5) is 0 Å². The van der Waals surface area contributed by atoms with E-state index >= 15 is 0 Å². The molecule has 2 N–H and O–H groups in total. The van der Waals surface area contributed by atoms with Crippen LogP contribution in [0.25, 0.3) is 0 Å². The lowest BCUT2D eigenvalue weighted by molar-refractivity contribution is 0.114. The van der Waals surface area contributed by atoms with E-state index < -0.39 is 0 Å². The lowest BCUT2D eigenvalue weighted by atomic mass is 10.2. The van der Waals surface area contributed by atoms with Crippen LogP contribution in [-0.4, -0.2) is 43.4 Å². The third kappa shape index (κ3) is 5.67. The number of nitrogens with one attached hydrogen (secondary N) is 2. The zero-order valence-electron chi connectivity index (χ0n) is 14.5. The molecule has 1 unspecified atom stereocenters. The molecule has 1 aliphatic carbocycles. The molecule has 1 aromatic rings. The summed E-state index contributed by atoms with van der Waals surface area (Å²) in [5.74, 6) is 2.26. The lowest BCUT2D eigenvalue weighted by Gasteiger charge is -2.14. The zero-order chi connectivity index (χ0) is 16.6. The number of nitrogens with zero attached hydrogens (tertiary/aromatic N) is 2. The van der Waals surface area contributed by atoms with Crippen molar-refractivity contribution in [3.8, 4) is 5.88 Å². The van der Waals surface area contributed by atoms with Crippen LogP contribution < -0.4 is 15.4 Å². The number of aliphatic imine (C=N–C) groups is 1. The van der Waals surface area contributed by atoms with Crippen molar-refractivity contribution in [3.63, 3.8) is 0 Å². The Balaban J connectivity index is 1.50. The third-order valence-electron chi connectivity index (χ3n) is 4.25. The number of guanidine groups is 1. The summed E-state index contributed by atoms with van der Waals surface area (Å²) in [6, 6.07) is 3.96. The maximum absolute atomic E-state index is 5.73. The molecule has 24 heavy (non-hydrogen) atoms. The van der Waals surface area contributed by atoms with Crippen molar-refractivity contribution in [1.82, 2.24) is 15.6 Å². The molecule has 0 aromatic carbocycles. The molecule has 1 saturated heterocycles. The molecule has 6 heteroatoms. The standard InChI is InChI=1S/C18H28N4O2/c1-2-19-18(22-12-16-4-3-9-23-16)21-11-15-7-8-20-17(10-15)24-13-14-5-6-14/h7-8,10,14,16H,2-6,9,11-13H2,1H3,(H2,19,21,22). The minimum absolute atomic E-state index is 0.303. The van der Waals surface area contributed by atoms with Crippen LogP contribution >= 0.6 is 0 Å². The first-order valence-electron chi connectivity index (χ1n) is 9.05. The molecule has 2 heterocycles. The van der Waals surface area contributed by atoms with Gasteiger partial charge in [0.1, 0.15) is 0 Å². The van der Waals surface area contributed by atoms with E-state index in [0.717, 1.165) is 56.6 Å². The highest BCUT2D eigenvalue weighted by atomic mass is 16.5. The number of hydrogen-bond acceptors (Lipinski definition) is 4. The number of ether oxygens (including phenoxy) is 2. The van der Waals surface area contributed by atoms with Gasteiger partial charge in [0.15, 0.2) is 5.96 Å². The van der Waals surface area contributed by atoms with Gasteiger partial charge in [0.25, 0.3) is 0 Å². The van der Waals surface area contributed by atoms with Gasteiger partial charge in [-0.3, -0.25) is 0 Å². The van der Waals surface area contributed by atoms with Crippen LogP contribution in [0.1, 0.15) is 38.2 Å². The number of aromatic nitrogens is 1. The Morgan fingerprint density at radius 3 is 3.04 bits per heavy atom. The van der Waals surface area contributed by atoms with Gasteiger partial charge in [0.2, 0.25) is 5.88 Å². The molecule has 3 rings (SSSR count). The van der Waals surface area contributed by atoms with Gasteiger partial charge in [-0.25, -0.2) is 9.98 Å². The van der Waals surface area contributed by atoms with Crippen molar-refractivity contribution < 1.29 is 9.47 Å². The average molecular weight is 332 g/mol. The van der Waals surface area contributed by atoms with Crippen LogP contribution in [0, 0.1) is 5.92 Å². The van der Waals surface area contributed by atoms with Crippen molar-refractivity contribution in [3.05, 3.63) is 23.9 Å². The molecular weight excluding hydrogens is 304 g/mol. The first kappa shape index (κ1) is 17.0. The summed E-state index contributed by atoms with van der Waals surface area (Å²) in [4.78, 5) is 8.92. The molecule has 2 fully saturated rings. The molecule has 0 spiro atoms. The monoisotopic (exact) mass is 332 g/mol.